The molecule has 1 unspecified atom stereocenters. The molecule has 2 amide bonds. The molecule has 0 aliphatic heterocycles. The average molecular weight is 553 g/mol. The molecule has 4 aromatic rings. The molecule has 212 valence electrons. The maximum absolute atomic E-state index is 14.1. The summed E-state index contributed by atoms with van der Waals surface area (Å²) in [5.41, 5.74) is 4.48. The van der Waals surface area contributed by atoms with Crippen molar-refractivity contribution in [3.8, 4) is 17.2 Å². The maximum Gasteiger partial charge on any atom is 0.247 e. The van der Waals surface area contributed by atoms with E-state index < -0.39 is 6.04 Å². The summed E-state index contributed by atoms with van der Waals surface area (Å²) in [6.07, 6.45) is 0.0745. The van der Waals surface area contributed by atoms with Gasteiger partial charge in [-0.05, 0) is 53.4 Å². The molecule has 0 spiro atoms. The Bertz CT molecular complexity index is 1440. The van der Waals surface area contributed by atoms with Crippen molar-refractivity contribution in [2.75, 3.05) is 21.3 Å². The number of hydrogen-bond donors (Lipinski definition) is 1. The molecular formula is C34H36N2O5. The molecule has 7 nitrogen and oxygen atoms in total. The van der Waals surface area contributed by atoms with E-state index in [1.54, 1.807) is 38.4 Å². The van der Waals surface area contributed by atoms with Gasteiger partial charge < -0.3 is 24.4 Å². The summed E-state index contributed by atoms with van der Waals surface area (Å²) >= 11 is 0. The summed E-state index contributed by atoms with van der Waals surface area (Å²) in [4.78, 5) is 29.6. The fourth-order valence-corrected chi connectivity index (χ4v) is 4.62. The van der Waals surface area contributed by atoms with E-state index in [4.69, 9.17) is 14.2 Å². The first kappa shape index (κ1) is 29.2. The van der Waals surface area contributed by atoms with Crippen LogP contribution in [0, 0.1) is 6.92 Å². The first-order valence-corrected chi connectivity index (χ1v) is 13.4. The van der Waals surface area contributed by atoms with Crippen LogP contribution in [0.3, 0.4) is 0 Å². The summed E-state index contributed by atoms with van der Waals surface area (Å²) in [5, 5.41) is 3.06. The van der Waals surface area contributed by atoms with Crippen molar-refractivity contribution >= 4 is 11.8 Å². The smallest absolute Gasteiger partial charge is 0.247 e. The van der Waals surface area contributed by atoms with E-state index >= 15 is 0 Å². The summed E-state index contributed by atoms with van der Waals surface area (Å²) < 4.78 is 16.1. The third-order valence-corrected chi connectivity index (χ3v) is 6.90. The zero-order valence-electron chi connectivity index (χ0n) is 23.9. The third kappa shape index (κ3) is 7.66. The Morgan fingerprint density at radius 3 is 2.00 bits per heavy atom. The van der Waals surface area contributed by atoms with Gasteiger partial charge in [0.15, 0.2) is 11.5 Å². The van der Waals surface area contributed by atoms with Gasteiger partial charge in [0.05, 0.1) is 27.8 Å². The van der Waals surface area contributed by atoms with E-state index in [2.05, 4.69) is 5.32 Å². The Balaban J connectivity index is 1.68. The van der Waals surface area contributed by atoms with E-state index in [1.165, 1.54) is 0 Å². The molecule has 41 heavy (non-hydrogen) atoms. The van der Waals surface area contributed by atoms with E-state index in [9.17, 15) is 9.59 Å². The summed E-state index contributed by atoms with van der Waals surface area (Å²) in [6, 6.07) is 29.5. The minimum Gasteiger partial charge on any atom is -0.497 e. The number of methoxy groups -OCH3 is 3. The van der Waals surface area contributed by atoms with E-state index in [1.807, 2.05) is 91.9 Å². The SMILES string of the molecule is COc1ccc(CN(C(=O)Cc2ccc(OC)c(OC)c2)C(C(=O)NCc2ccc(C)cc2)c2ccccc2)cc1. The van der Waals surface area contributed by atoms with Crippen LogP contribution in [0.15, 0.2) is 97.1 Å². The molecule has 4 rings (SSSR count). The van der Waals surface area contributed by atoms with Gasteiger partial charge in [-0.25, -0.2) is 0 Å². The van der Waals surface area contributed by atoms with Gasteiger partial charge in [-0.15, -0.1) is 0 Å². The Morgan fingerprint density at radius 1 is 0.732 bits per heavy atom. The minimum atomic E-state index is -0.851. The largest absolute Gasteiger partial charge is 0.497 e. The Labute approximate surface area is 241 Å². The monoisotopic (exact) mass is 552 g/mol. The van der Waals surface area contributed by atoms with Crippen LogP contribution >= 0.6 is 0 Å². The number of nitrogens with one attached hydrogen (secondary N) is 1. The van der Waals surface area contributed by atoms with Gasteiger partial charge in [0.1, 0.15) is 11.8 Å². The first-order chi connectivity index (χ1) is 19.9. The molecule has 1 N–H and O–H groups in total. The number of amides is 2. The van der Waals surface area contributed by atoms with Crippen molar-refractivity contribution in [1.82, 2.24) is 10.2 Å². The van der Waals surface area contributed by atoms with Gasteiger partial charge in [-0.1, -0.05) is 78.4 Å². The van der Waals surface area contributed by atoms with Crippen molar-refractivity contribution in [1.29, 1.82) is 0 Å². The lowest BCUT2D eigenvalue weighted by atomic mass is 10.0. The van der Waals surface area contributed by atoms with Crippen LogP contribution < -0.4 is 19.5 Å². The van der Waals surface area contributed by atoms with Gasteiger partial charge in [0, 0.05) is 13.1 Å². The van der Waals surface area contributed by atoms with Crippen LogP contribution in [-0.4, -0.2) is 38.0 Å². The highest BCUT2D eigenvalue weighted by molar-refractivity contribution is 5.89. The number of benzene rings is 4. The van der Waals surface area contributed by atoms with Crippen molar-refractivity contribution in [2.24, 2.45) is 0 Å². The summed E-state index contributed by atoms with van der Waals surface area (Å²) in [7, 11) is 4.74. The molecular weight excluding hydrogens is 516 g/mol. The molecule has 0 saturated heterocycles. The van der Waals surface area contributed by atoms with Gasteiger partial charge >= 0.3 is 0 Å². The molecule has 0 saturated carbocycles. The summed E-state index contributed by atoms with van der Waals surface area (Å²) in [5.74, 6) is 1.37. The lowest BCUT2D eigenvalue weighted by Crippen LogP contribution is -2.43. The highest BCUT2D eigenvalue weighted by Gasteiger charge is 2.31. The number of hydrogen-bond acceptors (Lipinski definition) is 5. The van der Waals surface area contributed by atoms with Gasteiger partial charge in [-0.2, -0.15) is 0 Å². The predicted octanol–water partition coefficient (Wildman–Crippen LogP) is 5.65. The van der Waals surface area contributed by atoms with Gasteiger partial charge in [0.25, 0.3) is 0 Å². The Morgan fingerprint density at radius 2 is 1.37 bits per heavy atom. The summed E-state index contributed by atoms with van der Waals surface area (Å²) in [6.45, 7) is 2.60. The second-order valence-corrected chi connectivity index (χ2v) is 9.75. The Hall–Kier alpha value is -4.78. The molecule has 0 bridgehead atoms. The van der Waals surface area contributed by atoms with Crippen LogP contribution in [0.1, 0.15) is 33.9 Å². The lowest BCUT2D eigenvalue weighted by molar-refractivity contribution is -0.141. The Kier molecular flexibility index (Phi) is 9.99. The second kappa shape index (κ2) is 14.0. The number of nitrogens with zero attached hydrogens (tertiary/aromatic N) is 1. The van der Waals surface area contributed by atoms with Crippen LogP contribution in [0.2, 0.25) is 0 Å². The molecule has 0 aromatic heterocycles. The van der Waals surface area contributed by atoms with Crippen LogP contribution in [0.5, 0.6) is 17.2 Å². The molecule has 0 aliphatic carbocycles. The van der Waals surface area contributed by atoms with Gasteiger partial charge in [0.2, 0.25) is 11.8 Å². The van der Waals surface area contributed by atoms with Crippen LogP contribution in [-0.2, 0) is 29.1 Å². The molecule has 0 heterocycles. The average Bonchev–Trinajstić information content (AvgIpc) is 3.01. The van der Waals surface area contributed by atoms with Crippen molar-refractivity contribution in [3.05, 3.63) is 125 Å². The topological polar surface area (TPSA) is 77.1 Å². The number of rotatable bonds is 12. The molecule has 4 aromatic carbocycles. The van der Waals surface area contributed by atoms with E-state index in [-0.39, 0.29) is 24.8 Å². The zero-order valence-corrected chi connectivity index (χ0v) is 23.9. The molecule has 0 fully saturated rings. The van der Waals surface area contributed by atoms with E-state index in [0.717, 1.165) is 27.8 Å². The fraction of sp³-hybridized carbons (Fsp3) is 0.235. The van der Waals surface area contributed by atoms with Gasteiger partial charge in [-0.3, -0.25) is 9.59 Å². The van der Waals surface area contributed by atoms with Crippen molar-refractivity contribution < 1.29 is 23.8 Å². The molecule has 7 heteroatoms. The molecule has 1 atom stereocenters. The standard InChI is InChI=1S/C34H36N2O5/c1-24-10-12-25(13-11-24)22-35-34(38)33(28-8-6-5-7-9-28)36(23-26-14-17-29(39-2)18-15-26)32(37)21-27-16-19-30(40-3)31(20-27)41-4/h5-20,33H,21-23H2,1-4H3,(H,35,38). The lowest BCUT2D eigenvalue weighted by Gasteiger charge is -2.32. The second-order valence-electron chi connectivity index (χ2n) is 9.75. The number of ether oxygens (including phenoxy) is 3. The van der Waals surface area contributed by atoms with Crippen molar-refractivity contribution in [2.45, 2.75) is 32.5 Å². The predicted molar refractivity (Wildman–Crippen MR) is 159 cm³/mol. The van der Waals surface area contributed by atoms with E-state index in [0.29, 0.717) is 23.8 Å². The first-order valence-electron chi connectivity index (χ1n) is 13.4. The highest BCUT2D eigenvalue weighted by Crippen LogP contribution is 2.30. The third-order valence-electron chi connectivity index (χ3n) is 6.90. The zero-order chi connectivity index (χ0) is 29.2. The molecule has 0 aliphatic rings. The maximum atomic E-state index is 14.1. The minimum absolute atomic E-state index is 0.0745. The van der Waals surface area contributed by atoms with Crippen LogP contribution in [0.25, 0.3) is 0 Å². The molecule has 0 radical (unpaired) electrons. The quantitative estimate of drug-likeness (QED) is 0.246. The number of aryl methyl sites for hydroxylation is 1. The van der Waals surface area contributed by atoms with Crippen LogP contribution in [0.4, 0.5) is 0 Å². The fourth-order valence-electron chi connectivity index (χ4n) is 4.62. The normalized spacial score (nSPS) is 11.3. The number of carbonyl (C=O) groups excluding carboxylic acids is 2. The van der Waals surface area contributed by atoms with Crippen molar-refractivity contribution in [3.63, 3.8) is 0 Å². The highest BCUT2D eigenvalue weighted by atomic mass is 16.5. The number of carbonyl (C=O) groups is 2.